The van der Waals surface area contributed by atoms with Gasteiger partial charge in [0.25, 0.3) is 0 Å². The lowest BCUT2D eigenvalue weighted by Crippen LogP contribution is -2.45. The molecule has 1 aromatic rings. The zero-order valence-electron chi connectivity index (χ0n) is 14.7. The minimum Gasteiger partial charge on any atom is -0.377 e. The summed E-state index contributed by atoms with van der Waals surface area (Å²) in [6, 6.07) is 11.7. The molecule has 0 aliphatic carbocycles. The largest absolute Gasteiger partial charge is 0.500 e. The first-order chi connectivity index (χ1) is 11.2. The smallest absolute Gasteiger partial charge is 0.377 e. The Kier molecular flexibility index (Phi) is 10.3. The quantitative estimate of drug-likeness (QED) is 0.427. The second-order valence-electron chi connectivity index (χ2n) is 5.59. The van der Waals surface area contributed by atoms with Crippen LogP contribution in [0, 0.1) is 0 Å². The summed E-state index contributed by atoms with van der Waals surface area (Å²) in [4.78, 5) is 0. The zero-order valence-corrected chi connectivity index (χ0v) is 15.7. The minimum absolute atomic E-state index is 0.422. The fourth-order valence-corrected chi connectivity index (χ4v) is 4.56. The molecule has 132 valence electrons. The Morgan fingerprint density at radius 2 is 1.87 bits per heavy atom. The Labute approximate surface area is 141 Å². The molecule has 23 heavy (non-hydrogen) atoms. The summed E-state index contributed by atoms with van der Waals surface area (Å²) in [6.07, 6.45) is 2.86. The van der Waals surface area contributed by atoms with Crippen LogP contribution in [0.3, 0.4) is 0 Å². The second kappa shape index (κ2) is 11.7. The fraction of sp³-hybridized carbons (Fsp3) is 0.647. The van der Waals surface area contributed by atoms with Gasteiger partial charge >= 0.3 is 8.80 Å². The molecular weight excluding hydrogens is 308 g/mol. The van der Waals surface area contributed by atoms with Gasteiger partial charge in [-0.1, -0.05) is 37.3 Å². The number of rotatable bonds is 13. The van der Waals surface area contributed by atoms with Crippen molar-refractivity contribution >= 4 is 8.80 Å². The normalized spacial score (nSPS) is 13.2. The van der Waals surface area contributed by atoms with Gasteiger partial charge in [0, 0.05) is 39.5 Å². The van der Waals surface area contributed by atoms with E-state index in [4.69, 9.17) is 19.0 Å². The Morgan fingerprint density at radius 1 is 1.17 bits per heavy atom. The van der Waals surface area contributed by atoms with Crippen LogP contribution in [0.5, 0.6) is 0 Å². The minimum atomic E-state index is -2.56. The molecular formula is C17H32N2O3Si. The highest BCUT2D eigenvalue weighted by Crippen LogP contribution is 2.19. The van der Waals surface area contributed by atoms with Gasteiger partial charge in [-0.25, -0.2) is 0 Å². The molecule has 0 fully saturated rings. The predicted molar refractivity (Wildman–Crippen MR) is 96.2 cm³/mol. The summed E-state index contributed by atoms with van der Waals surface area (Å²) >= 11 is 0. The summed E-state index contributed by atoms with van der Waals surface area (Å²) in [5.41, 5.74) is 6.82. The highest BCUT2D eigenvalue weighted by Gasteiger charge is 2.38. The van der Waals surface area contributed by atoms with Crippen LogP contribution in [-0.2, 0) is 19.8 Å². The van der Waals surface area contributed by atoms with Crippen molar-refractivity contribution < 1.29 is 13.3 Å². The SMILES string of the molecule is CCC(CC[Si](OC)(OC)OCCCN)NCc1ccccc1. The van der Waals surface area contributed by atoms with Gasteiger partial charge in [-0.05, 0) is 31.4 Å². The van der Waals surface area contributed by atoms with Crippen molar-refractivity contribution in [2.24, 2.45) is 5.73 Å². The fourth-order valence-electron chi connectivity index (χ4n) is 2.45. The van der Waals surface area contributed by atoms with Crippen LogP contribution in [0.4, 0.5) is 0 Å². The number of nitrogens with one attached hydrogen (secondary N) is 1. The van der Waals surface area contributed by atoms with E-state index in [1.807, 2.05) is 6.07 Å². The lowest BCUT2D eigenvalue weighted by atomic mass is 10.1. The molecule has 0 aliphatic heterocycles. The van der Waals surface area contributed by atoms with Gasteiger partial charge in [-0.2, -0.15) is 0 Å². The molecule has 0 amide bonds. The van der Waals surface area contributed by atoms with Crippen molar-refractivity contribution in [2.45, 2.75) is 44.8 Å². The van der Waals surface area contributed by atoms with Crippen LogP contribution >= 0.6 is 0 Å². The molecule has 0 saturated heterocycles. The van der Waals surface area contributed by atoms with E-state index in [0.29, 0.717) is 19.2 Å². The zero-order chi connectivity index (χ0) is 17.0. The molecule has 0 bridgehead atoms. The molecule has 0 heterocycles. The summed E-state index contributed by atoms with van der Waals surface area (Å²) in [5, 5.41) is 3.61. The molecule has 3 N–H and O–H groups in total. The van der Waals surface area contributed by atoms with Gasteiger partial charge < -0.3 is 24.3 Å². The molecule has 1 aromatic carbocycles. The number of hydrogen-bond acceptors (Lipinski definition) is 5. The van der Waals surface area contributed by atoms with Crippen molar-refractivity contribution in [1.29, 1.82) is 0 Å². The molecule has 0 aliphatic rings. The van der Waals surface area contributed by atoms with Crippen molar-refractivity contribution in [2.75, 3.05) is 27.4 Å². The average molecular weight is 341 g/mol. The van der Waals surface area contributed by atoms with E-state index >= 15 is 0 Å². The van der Waals surface area contributed by atoms with Gasteiger partial charge in [0.15, 0.2) is 0 Å². The van der Waals surface area contributed by atoms with Crippen LogP contribution in [0.25, 0.3) is 0 Å². The Morgan fingerprint density at radius 3 is 2.43 bits per heavy atom. The van der Waals surface area contributed by atoms with Crippen LogP contribution in [0.15, 0.2) is 30.3 Å². The first kappa shape index (κ1) is 20.3. The van der Waals surface area contributed by atoms with Gasteiger partial charge in [-0.15, -0.1) is 0 Å². The standard InChI is InChI=1S/C17H32N2O3Si/c1-4-17(19-15-16-9-6-5-7-10-16)11-14-23(20-2,21-3)22-13-8-12-18/h5-7,9-10,17,19H,4,8,11-15,18H2,1-3H3. The maximum Gasteiger partial charge on any atom is 0.500 e. The third-order valence-electron chi connectivity index (χ3n) is 4.02. The van der Waals surface area contributed by atoms with Crippen molar-refractivity contribution in [3.05, 3.63) is 35.9 Å². The Bertz CT molecular complexity index is 402. The summed E-state index contributed by atoms with van der Waals surface area (Å²) in [5.74, 6) is 0. The summed E-state index contributed by atoms with van der Waals surface area (Å²) < 4.78 is 17.1. The summed E-state index contributed by atoms with van der Waals surface area (Å²) in [7, 11) is 0.791. The highest BCUT2D eigenvalue weighted by molar-refractivity contribution is 6.60. The number of benzene rings is 1. The van der Waals surface area contributed by atoms with Crippen LogP contribution in [0.1, 0.15) is 31.7 Å². The van der Waals surface area contributed by atoms with Crippen molar-refractivity contribution in [1.82, 2.24) is 5.32 Å². The Hall–Kier alpha value is -0.763. The predicted octanol–water partition coefficient (Wildman–Crippen LogP) is 2.54. The van der Waals surface area contributed by atoms with Gasteiger partial charge in [0.05, 0.1) is 0 Å². The average Bonchev–Trinajstić information content (AvgIpc) is 2.61. The topological polar surface area (TPSA) is 65.7 Å². The first-order valence-electron chi connectivity index (χ1n) is 8.41. The third kappa shape index (κ3) is 7.56. The third-order valence-corrected chi connectivity index (χ3v) is 6.81. The van der Waals surface area contributed by atoms with E-state index in [-0.39, 0.29) is 0 Å². The lowest BCUT2D eigenvalue weighted by Gasteiger charge is -2.28. The molecule has 1 rings (SSSR count). The molecule has 0 aromatic heterocycles. The van der Waals surface area contributed by atoms with Crippen LogP contribution < -0.4 is 11.1 Å². The molecule has 1 atom stereocenters. The van der Waals surface area contributed by atoms with Gasteiger partial charge in [-0.3, -0.25) is 0 Å². The maximum absolute atomic E-state index is 5.91. The summed E-state index contributed by atoms with van der Waals surface area (Å²) in [6.45, 7) is 4.29. The molecule has 1 unspecified atom stereocenters. The van der Waals surface area contributed by atoms with Crippen molar-refractivity contribution in [3.63, 3.8) is 0 Å². The van der Waals surface area contributed by atoms with E-state index in [0.717, 1.165) is 31.9 Å². The monoisotopic (exact) mass is 340 g/mol. The molecule has 0 spiro atoms. The van der Waals surface area contributed by atoms with Crippen LogP contribution in [0.2, 0.25) is 6.04 Å². The first-order valence-corrected chi connectivity index (χ1v) is 10.3. The van der Waals surface area contributed by atoms with Gasteiger partial charge in [0.2, 0.25) is 0 Å². The maximum atomic E-state index is 5.91. The molecule has 6 heteroatoms. The molecule has 0 saturated carbocycles. The van der Waals surface area contributed by atoms with E-state index in [9.17, 15) is 0 Å². The van der Waals surface area contributed by atoms with Crippen LogP contribution in [-0.4, -0.2) is 42.2 Å². The van der Waals surface area contributed by atoms with Crippen molar-refractivity contribution in [3.8, 4) is 0 Å². The lowest BCUT2D eigenvalue weighted by molar-refractivity contribution is 0.0961. The molecule has 0 radical (unpaired) electrons. The van der Waals surface area contributed by atoms with Gasteiger partial charge in [0.1, 0.15) is 0 Å². The Balaban J connectivity index is 2.45. The van der Waals surface area contributed by atoms with E-state index in [2.05, 4.69) is 36.5 Å². The second-order valence-corrected chi connectivity index (χ2v) is 8.56. The highest BCUT2D eigenvalue weighted by atomic mass is 28.4. The number of nitrogens with two attached hydrogens (primary N) is 1. The molecule has 5 nitrogen and oxygen atoms in total. The van der Waals surface area contributed by atoms with E-state index < -0.39 is 8.80 Å². The van der Waals surface area contributed by atoms with E-state index in [1.165, 1.54) is 5.56 Å². The van der Waals surface area contributed by atoms with E-state index in [1.54, 1.807) is 14.2 Å². The number of hydrogen-bond donors (Lipinski definition) is 2.